The van der Waals surface area contributed by atoms with E-state index in [1.807, 2.05) is 11.9 Å². The van der Waals surface area contributed by atoms with Crippen LogP contribution in [0.25, 0.3) is 0 Å². The summed E-state index contributed by atoms with van der Waals surface area (Å²) in [5.74, 6) is 0. The van der Waals surface area contributed by atoms with Crippen LogP contribution in [-0.4, -0.2) is 42.0 Å². The van der Waals surface area contributed by atoms with E-state index < -0.39 is 0 Å². The fourth-order valence-electron chi connectivity index (χ4n) is 1.48. The molecule has 0 aliphatic carbocycles. The minimum absolute atomic E-state index is 0.162. The van der Waals surface area contributed by atoms with Gasteiger partial charge in [-0.1, -0.05) is 12.2 Å². The highest BCUT2D eigenvalue weighted by Crippen LogP contribution is 2.17. The van der Waals surface area contributed by atoms with Gasteiger partial charge in [0.1, 0.15) is 0 Å². The van der Waals surface area contributed by atoms with Gasteiger partial charge in [-0.05, 0) is 0 Å². The summed E-state index contributed by atoms with van der Waals surface area (Å²) in [6.07, 6.45) is 4.15. The van der Waals surface area contributed by atoms with Crippen LogP contribution in [-0.2, 0) is 0 Å². The normalized spacial score (nSPS) is 30.1. The second-order valence-electron chi connectivity index (χ2n) is 2.79. The molecule has 1 unspecified atom stereocenters. The van der Waals surface area contributed by atoms with Crippen molar-refractivity contribution in [3.8, 4) is 0 Å². The molecule has 2 aliphatic heterocycles. The molecule has 0 spiro atoms. The zero-order chi connectivity index (χ0) is 7.14. The molecule has 10 heavy (non-hydrogen) atoms. The first-order chi connectivity index (χ1) is 4.79. The highest BCUT2D eigenvalue weighted by Gasteiger charge is 2.34. The van der Waals surface area contributed by atoms with Gasteiger partial charge < -0.3 is 9.80 Å². The number of fused-ring (bicyclic) bond motifs is 2. The van der Waals surface area contributed by atoms with Crippen LogP contribution in [0, 0.1) is 0 Å². The van der Waals surface area contributed by atoms with Crippen molar-refractivity contribution in [1.82, 2.24) is 9.80 Å². The Morgan fingerprint density at radius 2 is 2.50 bits per heavy atom. The topological polar surface area (TPSA) is 23.6 Å². The number of nitrogens with zero attached hydrogens (tertiary/aromatic N) is 2. The van der Waals surface area contributed by atoms with Gasteiger partial charge in [0.2, 0.25) is 0 Å². The fraction of sp³-hybridized carbons (Fsp3) is 0.571. The monoisotopic (exact) mass is 138 g/mol. The summed E-state index contributed by atoms with van der Waals surface area (Å²) in [4.78, 5) is 14.8. The number of hydrogen-bond acceptors (Lipinski definition) is 1. The van der Waals surface area contributed by atoms with Crippen LogP contribution in [0.5, 0.6) is 0 Å². The van der Waals surface area contributed by atoms with E-state index in [4.69, 9.17) is 0 Å². The van der Waals surface area contributed by atoms with Gasteiger partial charge in [0.25, 0.3) is 0 Å². The summed E-state index contributed by atoms with van der Waals surface area (Å²) in [6, 6.07) is 0.497. The smallest absolute Gasteiger partial charge is 0.319 e. The zero-order valence-electron chi connectivity index (χ0n) is 5.95. The molecule has 0 aromatic carbocycles. The lowest BCUT2D eigenvalue weighted by atomic mass is 10.2. The maximum atomic E-state index is 11.2. The molecule has 1 saturated heterocycles. The molecule has 2 bridgehead atoms. The van der Waals surface area contributed by atoms with Gasteiger partial charge in [-0.2, -0.15) is 0 Å². The maximum Gasteiger partial charge on any atom is 0.320 e. The minimum atomic E-state index is 0.162. The van der Waals surface area contributed by atoms with Gasteiger partial charge in [-0.15, -0.1) is 0 Å². The molecule has 0 aromatic heterocycles. The number of carbonyl (C=O) groups is 1. The van der Waals surface area contributed by atoms with Crippen LogP contribution >= 0.6 is 0 Å². The number of urea groups is 1. The van der Waals surface area contributed by atoms with Crippen molar-refractivity contribution in [3.63, 3.8) is 0 Å². The summed E-state index contributed by atoms with van der Waals surface area (Å²) in [7, 11) is 1.85. The summed E-state index contributed by atoms with van der Waals surface area (Å²) >= 11 is 0. The van der Waals surface area contributed by atoms with Gasteiger partial charge in [0.15, 0.2) is 0 Å². The molecule has 3 heteroatoms. The molecular weight excluding hydrogens is 128 g/mol. The molecule has 54 valence electrons. The molecule has 1 fully saturated rings. The second kappa shape index (κ2) is 1.75. The Morgan fingerprint density at radius 1 is 1.70 bits per heavy atom. The van der Waals surface area contributed by atoms with E-state index in [0.717, 1.165) is 13.1 Å². The molecule has 0 saturated carbocycles. The van der Waals surface area contributed by atoms with E-state index in [9.17, 15) is 4.79 Å². The van der Waals surface area contributed by atoms with Crippen molar-refractivity contribution in [2.24, 2.45) is 0 Å². The third kappa shape index (κ3) is 0.574. The van der Waals surface area contributed by atoms with E-state index in [1.54, 1.807) is 4.90 Å². The molecule has 0 N–H and O–H groups in total. The molecular formula is C7H10N2O. The lowest BCUT2D eigenvalue weighted by Gasteiger charge is -2.14. The largest absolute Gasteiger partial charge is 0.320 e. The molecule has 2 amide bonds. The predicted molar refractivity (Wildman–Crippen MR) is 37.7 cm³/mol. The third-order valence-corrected chi connectivity index (χ3v) is 2.16. The molecule has 1 atom stereocenters. The van der Waals surface area contributed by atoms with Gasteiger partial charge in [0.05, 0.1) is 6.04 Å². The van der Waals surface area contributed by atoms with E-state index in [2.05, 4.69) is 12.2 Å². The van der Waals surface area contributed by atoms with E-state index in [0.29, 0.717) is 6.04 Å². The molecule has 2 aliphatic rings. The quantitative estimate of drug-likeness (QED) is 0.441. The van der Waals surface area contributed by atoms with Gasteiger partial charge in [-0.25, -0.2) is 4.79 Å². The van der Waals surface area contributed by atoms with Crippen molar-refractivity contribution < 1.29 is 4.79 Å². The maximum absolute atomic E-state index is 11.2. The highest BCUT2D eigenvalue weighted by molar-refractivity contribution is 5.78. The molecule has 2 rings (SSSR count). The van der Waals surface area contributed by atoms with Crippen LogP contribution in [0.3, 0.4) is 0 Å². The number of rotatable bonds is 0. The third-order valence-electron chi connectivity index (χ3n) is 2.16. The first-order valence-electron chi connectivity index (χ1n) is 3.47. The molecule has 3 nitrogen and oxygen atoms in total. The van der Waals surface area contributed by atoms with Crippen LogP contribution < -0.4 is 0 Å². The average Bonchev–Trinajstić information content (AvgIpc) is 2.17. The van der Waals surface area contributed by atoms with Crippen LogP contribution in [0.1, 0.15) is 0 Å². The Morgan fingerprint density at radius 3 is 3.10 bits per heavy atom. The highest BCUT2D eigenvalue weighted by atomic mass is 16.2. The van der Waals surface area contributed by atoms with Crippen LogP contribution in [0.2, 0.25) is 0 Å². The summed E-state index contributed by atoms with van der Waals surface area (Å²) in [5.41, 5.74) is 0. The van der Waals surface area contributed by atoms with E-state index in [-0.39, 0.29) is 6.03 Å². The van der Waals surface area contributed by atoms with Gasteiger partial charge in [-0.3, -0.25) is 0 Å². The SMILES string of the molecule is CN1C(=O)N2CC=CC1C2. The Hall–Kier alpha value is -0.990. The molecule has 0 aromatic rings. The molecule has 0 radical (unpaired) electrons. The summed E-state index contributed by atoms with van der Waals surface area (Å²) in [5, 5.41) is 0. The lowest BCUT2D eigenvalue weighted by molar-refractivity contribution is 0.201. The fourth-order valence-corrected chi connectivity index (χ4v) is 1.48. The number of likely N-dealkylation sites (N-methyl/N-ethyl adjacent to an activating group) is 1. The first kappa shape index (κ1) is 5.77. The van der Waals surface area contributed by atoms with E-state index >= 15 is 0 Å². The average molecular weight is 138 g/mol. The lowest BCUT2D eigenvalue weighted by Crippen LogP contribution is -2.28. The Kier molecular flexibility index (Phi) is 1.01. The van der Waals surface area contributed by atoms with E-state index in [1.165, 1.54) is 0 Å². The van der Waals surface area contributed by atoms with Crippen molar-refractivity contribution in [2.75, 3.05) is 20.1 Å². The van der Waals surface area contributed by atoms with Crippen LogP contribution in [0.4, 0.5) is 4.79 Å². The minimum Gasteiger partial charge on any atom is -0.319 e. The number of amides is 2. The van der Waals surface area contributed by atoms with Crippen molar-refractivity contribution >= 4 is 6.03 Å². The Bertz CT molecular complexity index is 196. The van der Waals surface area contributed by atoms with Crippen molar-refractivity contribution in [1.29, 1.82) is 0 Å². The number of hydrogen-bond donors (Lipinski definition) is 0. The summed E-state index contributed by atoms with van der Waals surface area (Å²) in [6.45, 7) is 1.67. The number of carbonyl (C=O) groups excluding carboxylic acids is 1. The van der Waals surface area contributed by atoms with Crippen molar-refractivity contribution in [2.45, 2.75) is 6.04 Å². The summed E-state index contributed by atoms with van der Waals surface area (Å²) < 4.78 is 0. The zero-order valence-corrected chi connectivity index (χ0v) is 5.95. The molecule has 2 heterocycles. The van der Waals surface area contributed by atoms with Crippen LogP contribution in [0.15, 0.2) is 12.2 Å². The first-order valence-corrected chi connectivity index (χ1v) is 3.47. The van der Waals surface area contributed by atoms with Crippen molar-refractivity contribution in [3.05, 3.63) is 12.2 Å². The standard InChI is InChI=1S/C7H10N2O/c1-8-6-3-2-4-9(5-6)7(8)10/h2-3,6H,4-5H2,1H3. The van der Waals surface area contributed by atoms with Gasteiger partial charge >= 0.3 is 6.03 Å². The van der Waals surface area contributed by atoms with Gasteiger partial charge in [0, 0.05) is 20.1 Å². The predicted octanol–water partition coefficient (Wildman–Crippen LogP) is 0.292. The Balaban J connectivity index is 2.30. The Labute approximate surface area is 59.9 Å². The second-order valence-corrected chi connectivity index (χ2v) is 2.79.